The van der Waals surface area contributed by atoms with E-state index < -0.39 is 0 Å². The summed E-state index contributed by atoms with van der Waals surface area (Å²) < 4.78 is 13.2. The first kappa shape index (κ1) is 23.3. The lowest BCUT2D eigenvalue weighted by molar-refractivity contribution is -0.121. The Hall–Kier alpha value is -2.34. The Balaban J connectivity index is 0.00000272. The van der Waals surface area contributed by atoms with Gasteiger partial charge in [-0.05, 0) is 18.6 Å². The van der Waals surface area contributed by atoms with Gasteiger partial charge in [0.05, 0.1) is 25.0 Å². The second kappa shape index (κ2) is 10.8. The maximum absolute atomic E-state index is 12.3. The normalized spacial score (nSPS) is 18.8. The van der Waals surface area contributed by atoms with E-state index in [1.165, 1.54) is 0 Å². The molecular weight excluding hydrogens is 511 g/mol. The van der Waals surface area contributed by atoms with E-state index in [-0.39, 0.29) is 42.6 Å². The number of amides is 1. The number of benzene rings is 1. The Bertz CT molecular complexity index is 918. The van der Waals surface area contributed by atoms with E-state index in [0.29, 0.717) is 19.7 Å². The molecule has 1 atom stereocenters. The van der Waals surface area contributed by atoms with Crippen LogP contribution in [0.3, 0.4) is 0 Å². The van der Waals surface area contributed by atoms with E-state index in [4.69, 9.17) is 9.47 Å². The number of nitrogens with zero attached hydrogens (tertiary/aromatic N) is 5. The van der Waals surface area contributed by atoms with Gasteiger partial charge in [-0.3, -0.25) is 14.5 Å². The van der Waals surface area contributed by atoms with Crippen LogP contribution >= 0.6 is 24.0 Å². The molecule has 9 nitrogen and oxygen atoms in total. The van der Waals surface area contributed by atoms with Crippen molar-refractivity contribution in [3.8, 4) is 5.75 Å². The maximum atomic E-state index is 12.3. The van der Waals surface area contributed by atoms with Crippen LogP contribution in [0, 0.1) is 0 Å². The molecule has 1 unspecified atom stereocenters. The highest BCUT2D eigenvalue weighted by Crippen LogP contribution is 2.31. The summed E-state index contributed by atoms with van der Waals surface area (Å²) in [5, 5.41) is 7.67. The third kappa shape index (κ3) is 5.48. The number of fused-ring (bicyclic) bond motifs is 1. The first-order valence-corrected chi connectivity index (χ1v) is 10.2. The summed E-state index contributed by atoms with van der Waals surface area (Å²) in [5.74, 6) is 1.60. The monoisotopic (exact) mass is 540 g/mol. The molecule has 2 aromatic rings. The largest absolute Gasteiger partial charge is 0.482 e. The topological polar surface area (TPSA) is 84.2 Å². The lowest BCUT2D eigenvalue weighted by Gasteiger charge is -2.35. The number of carbonyl (C=O) groups is 1. The first-order chi connectivity index (χ1) is 14.7. The number of carbonyl (C=O) groups excluding carboxylic acids is 1. The zero-order chi connectivity index (χ0) is 20.9. The predicted molar refractivity (Wildman–Crippen MR) is 129 cm³/mol. The molecule has 1 N–H and O–H groups in total. The molecule has 4 rings (SSSR count). The zero-order valence-corrected chi connectivity index (χ0v) is 20.2. The van der Waals surface area contributed by atoms with Crippen molar-refractivity contribution in [1.29, 1.82) is 0 Å². The number of aliphatic imine (C=N–C) groups is 1. The molecule has 1 fully saturated rings. The number of rotatable bonds is 5. The van der Waals surface area contributed by atoms with Gasteiger partial charge in [-0.2, -0.15) is 5.10 Å². The molecule has 1 saturated heterocycles. The van der Waals surface area contributed by atoms with Gasteiger partial charge in [-0.1, -0.05) is 12.1 Å². The summed E-state index contributed by atoms with van der Waals surface area (Å²) in [4.78, 5) is 20.7. The minimum atomic E-state index is -0.0199. The van der Waals surface area contributed by atoms with Crippen LogP contribution in [0.1, 0.15) is 18.1 Å². The number of ether oxygens (including phenoxy) is 2. The number of aryl methyl sites for hydroxylation is 1. The highest BCUT2D eigenvalue weighted by atomic mass is 127. The summed E-state index contributed by atoms with van der Waals surface area (Å²) >= 11 is 0. The quantitative estimate of drug-likeness (QED) is 0.270. The number of guanidine groups is 1. The molecule has 168 valence electrons. The van der Waals surface area contributed by atoms with E-state index in [1.807, 2.05) is 43.7 Å². The van der Waals surface area contributed by atoms with Crippen LogP contribution in [0.2, 0.25) is 0 Å². The summed E-state index contributed by atoms with van der Waals surface area (Å²) in [6.07, 6.45) is 4.62. The molecule has 0 saturated carbocycles. The van der Waals surface area contributed by atoms with Crippen LogP contribution in [0.4, 0.5) is 5.69 Å². The molecule has 3 heterocycles. The van der Waals surface area contributed by atoms with Crippen molar-refractivity contribution in [3.63, 3.8) is 0 Å². The van der Waals surface area contributed by atoms with Crippen LogP contribution in [-0.4, -0.2) is 73.0 Å². The number of halogens is 1. The van der Waals surface area contributed by atoms with Crippen molar-refractivity contribution in [2.24, 2.45) is 12.0 Å². The van der Waals surface area contributed by atoms with E-state index in [1.54, 1.807) is 16.6 Å². The lowest BCUT2D eigenvalue weighted by Crippen LogP contribution is -2.48. The average Bonchev–Trinajstić information content (AvgIpc) is 3.21. The third-order valence-corrected chi connectivity index (χ3v) is 5.32. The van der Waals surface area contributed by atoms with Gasteiger partial charge >= 0.3 is 0 Å². The Morgan fingerprint density at radius 2 is 2.19 bits per heavy atom. The SMILES string of the molecule is CN=C(NCCCN1C(=O)COc2ccccc21)N1CCOC(c2cnn(C)c2)C1.I. The fourth-order valence-electron chi connectivity index (χ4n) is 3.82. The van der Waals surface area contributed by atoms with Crippen LogP contribution in [0.25, 0.3) is 0 Å². The van der Waals surface area contributed by atoms with Crippen molar-refractivity contribution >= 4 is 41.5 Å². The highest BCUT2D eigenvalue weighted by Gasteiger charge is 2.26. The van der Waals surface area contributed by atoms with E-state index >= 15 is 0 Å². The van der Waals surface area contributed by atoms with E-state index in [2.05, 4.69) is 20.3 Å². The minimum Gasteiger partial charge on any atom is -0.482 e. The van der Waals surface area contributed by atoms with Crippen molar-refractivity contribution in [3.05, 3.63) is 42.2 Å². The third-order valence-electron chi connectivity index (χ3n) is 5.32. The van der Waals surface area contributed by atoms with E-state index in [9.17, 15) is 4.79 Å². The van der Waals surface area contributed by atoms with Gasteiger partial charge in [0.1, 0.15) is 11.9 Å². The zero-order valence-electron chi connectivity index (χ0n) is 17.9. The molecule has 1 aromatic carbocycles. The van der Waals surface area contributed by atoms with Crippen LogP contribution in [0.15, 0.2) is 41.7 Å². The Kier molecular flexibility index (Phi) is 8.13. The summed E-state index contributed by atoms with van der Waals surface area (Å²) in [5.41, 5.74) is 1.91. The minimum absolute atomic E-state index is 0. The molecule has 0 bridgehead atoms. The van der Waals surface area contributed by atoms with Gasteiger partial charge in [0.15, 0.2) is 12.6 Å². The number of nitrogens with one attached hydrogen (secondary N) is 1. The molecule has 1 amide bonds. The summed E-state index contributed by atoms with van der Waals surface area (Å²) in [7, 11) is 3.70. The number of para-hydroxylation sites is 2. The number of hydrogen-bond acceptors (Lipinski definition) is 5. The number of morpholine rings is 1. The van der Waals surface area contributed by atoms with Gasteiger partial charge in [-0.25, -0.2) is 0 Å². The van der Waals surface area contributed by atoms with Crippen molar-refractivity contribution in [1.82, 2.24) is 20.0 Å². The second-order valence-electron chi connectivity index (χ2n) is 7.38. The second-order valence-corrected chi connectivity index (χ2v) is 7.38. The summed E-state index contributed by atoms with van der Waals surface area (Å²) in [6.45, 7) is 3.58. The number of hydrogen-bond donors (Lipinski definition) is 1. The standard InChI is InChI=1S/C21H28N6O3.HI/c1-22-21(26-10-11-29-19(14-26)16-12-24-25(2)13-16)23-8-5-9-27-17-6-3-4-7-18(17)30-15-20(27)28;/h3-4,6-7,12-13,19H,5,8-11,14-15H2,1-2H3,(H,22,23);1H. The molecule has 1 aromatic heterocycles. The summed E-state index contributed by atoms with van der Waals surface area (Å²) in [6, 6.07) is 7.65. The van der Waals surface area contributed by atoms with Crippen molar-refractivity contribution in [2.75, 3.05) is 51.3 Å². The first-order valence-electron chi connectivity index (χ1n) is 10.2. The molecule has 10 heteroatoms. The fraction of sp³-hybridized carbons (Fsp3) is 0.476. The molecule has 0 spiro atoms. The van der Waals surface area contributed by atoms with Gasteiger partial charge in [0, 0.05) is 45.5 Å². The molecule has 2 aliphatic heterocycles. The van der Waals surface area contributed by atoms with Crippen molar-refractivity contribution in [2.45, 2.75) is 12.5 Å². The maximum Gasteiger partial charge on any atom is 0.265 e. The fourth-order valence-corrected chi connectivity index (χ4v) is 3.82. The van der Waals surface area contributed by atoms with Gasteiger partial charge in [-0.15, -0.1) is 24.0 Å². The van der Waals surface area contributed by atoms with Gasteiger partial charge in [0.2, 0.25) is 0 Å². The average molecular weight is 540 g/mol. The Labute approximate surface area is 199 Å². The molecule has 0 radical (unpaired) electrons. The smallest absolute Gasteiger partial charge is 0.265 e. The van der Waals surface area contributed by atoms with Crippen LogP contribution in [0.5, 0.6) is 5.75 Å². The molecular formula is C21H29IN6O3. The molecule has 31 heavy (non-hydrogen) atoms. The van der Waals surface area contributed by atoms with Gasteiger partial charge in [0.25, 0.3) is 5.91 Å². The Morgan fingerprint density at radius 1 is 1.35 bits per heavy atom. The van der Waals surface area contributed by atoms with E-state index in [0.717, 1.165) is 42.5 Å². The van der Waals surface area contributed by atoms with Crippen molar-refractivity contribution < 1.29 is 14.3 Å². The highest BCUT2D eigenvalue weighted by molar-refractivity contribution is 14.0. The number of aromatic nitrogens is 2. The molecule has 0 aliphatic carbocycles. The lowest BCUT2D eigenvalue weighted by atomic mass is 10.1. The Morgan fingerprint density at radius 3 is 2.97 bits per heavy atom. The van der Waals surface area contributed by atoms with Gasteiger partial charge < -0.3 is 24.6 Å². The number of anilines is 1. The predicted octanol–water partition coefficient (Wildman–Crippen LogP) is 1.80. The molecule has 2 aliphatic rings. The van der Waals surface area contributed by atoms with Crippen LogP contribution in [-0.2, 0) is 16.6 Å². The van der Waals surface area contributed by atoms with Crippen LogP contribution < -0.4 is 15.0 Å².